The molecule has 20 heavy (non-hydrogen) atoms. The molecule has 0 spiro atoms. The topological polar surface area (TPSA) is 43.4 Å². The molecule has 0 saturated carbocycles. The maximum Gasteiger partial charge on any atom is 0.228 e. The Morgan fingerprint density at radius 2 is 1.75 bits per heavy atom. The largest absolute Gasteiger partial charge is 0.485 e. The van der Waals surface area contributed by atoms with Gasteiger partial charge in [0.1, 0.15) is 6.10 Å². The number of benzene rings is 1. The van der Waals surface area contributed by atoms with Crippen LogP contribution in [-0.2, 0) is 4.74 Å². The van der Waals surface area contributed by atoms with Gasteiger partial charge in [-0.05, 0) is 6.42 Å². The van der Waals surface area contributed by atoms with Crippen molar-refractivity contribution in [3.8, 4) is 0 Å². The van der Waals surface area contributed by atoms with Crippen LogP contribution < -0.4 is 0 Å². The molecule has 0 N–H and O–H groups in total. The third kappa shape index (κ3) is 1.80. The quantitative estimate of drug-likeness (QED) is 0.843. The van der Waals surface area contributed by atoms with Crippen molar-refractivity contribution in [2.24, 2.45) is 5.92 Å². The fourth-order valence-corrected chi connectivity index (χ4v) is 3.06. The van der Waals surface area contributed by atoms with E-state index in [9.17, 15) is 9.59 Å². The van der Waals surface area contributed by atoms with Crippen LogP contribution in [0.2, 0.25) is 0 Å². The lowest BCUT2D eigenvalue weighted by Gasteiger charge is -2.16. The molecule has 1 aromatic carbocycles. The van der Waals surface area contributed by atoms with Gasteiger partial charge in [0.15, 0.2) is 11.5 Å². The molecule has 1 aliphatic heterocycles. The van der Waals surface area contributed by atoms with Gasteiger partial charge in [-0.1, -0.05) is 51.0 Å². The minimum Gasteiger partial charge on any atom is -0.485 e. The van der Waals surface area contributed by atoms with Gasteiger partial charge in [0.2, 0.25) is 5.78 Å². The second-order valence-electron chi connectivity index (χ2n) is 5.53. The van der Waals surface area contributed by atoms with E-state index < -0.39 is 0 Å². The minimum absolute atomic E-state index is 0.00126. The van der Waals surface area contributed by atoms with Crippen LogP contribution in [0.15, 0.2) is 35.6 Å². The molecular weight excluding hydrogens is 252 g/mol. The number of ether oxygens (including phenoxy) is 1. The first-order chi connectivity index (χ1) is 9.65. The molecule has 3 nitrogen and oxygen atoms in total. The van der Waals surface area contributed by atoms with Crippen molar-refractivity contribution in [3.63, 3.8) is 0 Å². The van der Waals surface area contributed by atoms with Crippen LogP contribution >= 0.6 is 0 Å². The predicted octanol–water partition coefficient (Wildman–Crippen LogP) is 3.54. The molecular formula is C17H18O3. The number of hydrogen-bond acceptors (Lipinski definition) is 3. The number of fused-ring (bicyclic) bond motifs is 1. The zero-order valence-corrected chi connectivity index (χ0v) is 11.8. The molecule has 0 bridgehead atoms. The number of Topliss-reactive ketones (excluding diaryl/α,β-unsaturated/α-hetero) is 2. The monoisotopic (exact) mass is 270 g/mol. The Hall–Kier alpha value is -1.90. The summed E-state index contributed by atoms with van der Waals surface area (Å²) < 4.78 is 5.83. The summed E-state index contributed by atoms with van der Waals surface area (Å²) in [5, 5.41) is 0. The van der Waals surface area contributed by atoms with Crippen molar-refractivity contribution in [3.05, 3.63) is 46.7 Å². The number of hydrogen-bond donors (Lipinski definition) is 0. The molecule has 3 heteroatoms. The number of allylic oxidation sites excluding steroid dienone is 1. The van der Waals surface area contributed by atoms with Gasteiger partial charge < -0.3 is 4.74 Å². The highest BCUT2D eigenvalue weighted by Gasteiger charge is 2.44. The summed E-state index contributed by atoms with van der Waals surface area (Å²) >= 11 is 0. The summed E-state index contributed by atoms with van der Waals surface area (Å²) in [5.74, 6) is 0.117. The van der Waals surface area contributed by atoms with Gasteiger partial charge in [-0.2, -0.15) is 0 Å². The van der Waals surface area contributed by atoms with E-state index in [1.807, 2.05) is 6.92 Å². The van der Waals surface area contributed by atoms with Gasteiger partial charge in [0.25, 0.3) is 0 Å². The predicted molar refractivity (Wildman–Crippen MR) is 75.7 cm³/mol. The molecule has 0 saturated heterocycles. The SMILES string of the molecule is CCCC[C@H]1OC2=C(C(=O)c3ccccc3C2=O)[C@@H]1C. The Morgan fingerprint density at radius 3 is 2.40 bits per heavy atom. The molecule has 1 aliphatic carbocycles. The average Bonchev–Trinajstić information content (AvgIpc) is 2.80. The molecule has 0 fully saturated rings. The highest BCUT2D eigenvalue weighted by Crippen LogP contribution is 2.40. The van der Waals surface area contributed by atoms with Crippen molar-refractivity contribution in [2.75, 3.05) is 0 Å². The third-order valence-electron chi connectivity index (χ3n) is 4.24. The van der Waals surface area contributed by atoms with E-state index in [4.69, 9.17) is 4.74 Å². The van der Waals surface area contributed by atoms with Crippen LogP contribution in [0, 0.1) is 5.92 Å². The Kier molecular flexibility index (Phi) is 3.20. The van der Waals surface area contributed by atoms with Crippen LogP contribution in [0.1, 0.15) is 53.8 Å². The average molecular weight is 270 g/mol. The molecule has 1 heterocycles. The van der Waals surface area contributed by atoms with E-state index in [0.29, 0.717) is 22.5 Å². The van der Waals surface area contributed by atoms with Crippen LogP contribution in [0.4, 0.5) is 0 Å². The fourth-order valence-electron chi connectivity index (χ4n) is 3.06. The first kappa shape index (κ1) is 13.1. The molecule has 104 valence electrons. The number of rotatable bonds is 3. The summed E-state index contributed by atoms with van der Waals surface area (Å²) in [6.45, 7) is 4.11. The Balaban J connectivity index is 1.98. The lowest BCUT2D eigenvalue weighted by Crippen LogP contribution is -2.22. The lowest BCUT2D eigenvalue weighted by molar-refractivity contribution is 0.0765. The van der Waals surface area contributed by atoms with Gasteiger partial charge in [0.05, 0.1) is 5.57 Å². The van der Waals surface area contributed by atoms with Gasteiger partial charge in [-0.25, -0.2) is 0 Å². The first-order valence-electron chi connectivity index (χ1n) is 7.24. The normalized spacial score (nSPS) is 24.5. The lowest BCUT2D eigenvalue weighted by atomic mass is 9.82. The Labute approximate surface area is 118 Å². The molecule has 0 unspecified atom stereocenters. The van der Waals surface area contributed by atoms with Crippen LogP contribution in [0.5, 0.6) is 0 Å². The summed E-state index contributed by atoms with van der Waals surface area (Å²) in [6.07, 6.45) is 2.98. The minimum atomic E-state index is -0.138. The van der Waals surface area contributed by atoms with Crippen LogP contribution in [-0.4, -0.2) is 17.7 Å². The third-order valence-corrected chi connectivity index (χ3v) is 4.24. The Morgan fingerprint density at radius 1 is 1.10 bits per heavy atom. The molecule has 0 amide bonds. The fraction of sp³-hybridized carbons (Fsp3) is 0.412. The molecule has 3 rings (SSSR count). The first-order valence-corrected chi connectivity index (χ1v) is 7.24. The molecule has 2 aliphatic rings. The molecule has 2 atom stereocenters. The summed E-state index contributed by atoms with van der Waals surface area (Å²) in [7, 11) is 0. The molecule has 0 aromatic heterocycles. The van der Waals surface area contributed by atoms with E-state index in [0.717, 1.165) is 19.3 Å². The number of carbonyl (C=O) groups is 2. The van der Waals surface area contributed by atoms with Crippen molar-refractivity contribution in [1.29, 1.82) is 0 Å². The maximum atomic E-state index is 12.6. The zero-order valence-electron chi connectivity index (χ0n) is 11.8. The van der Waals surface area contributed by atoms with Crippen molar-refractivity contribution >= 4 is 11.6 Å². The van der Waals surface area contributed by atoms with E-state index in [-0.39, 0.29) is 23.6 Å². The second kappa shape index (κ2) is 4.89. The maximum absolute atomic E-state index is 12.6. The second-order valence-corrected chi connectivity index (χ2v) is 5.53. The van der Waals surface area contributed by atoms with Gasteiger partial charge in [-0.15, -0.1) is 0 Å². The Bertz CT molecular complexity index is 612. The van der Waals surface area contributed by atoms with Gasteiger partial charge in [-0.3, -0.25) is 9.59 Å². The van der Waals surface area contributed by atoms with E-state index in [1.54, 1.807) is 24.3 Å². The molecule has 1 aromatic rings. The van der Waals surface area contributed by atoms with Gasteiger partial charge in [0, 0.05) is 17.0 Å². The smallest absolute Gasteiger partial charge is 0.228 e. The van der Waals surface area contributed by atoms with Gasteiger partial charge >= 0.3 is 0 Å². The number of unbranched alkanes of at least 4 members (excludes halogenated alkanes) is 1. The summed E-state index contributed by atoms with van der Waals surface area (Å²) in [4.78, 5) is 25.1. The van der Waals surface area contributed by atoms with Crippen molar-refractivity contribution in [1.82, 2.24) is 0 Å². The zero-order chi connectivity index (χ0) is 14.3. The van der Waals surface area contributed by atoms with Crippen LogP contribution in [0.3, 0.4) is 0 Å². The van der Waals surface area contributed by atoms with Crippen molar-refractivity contribution < 1.29 is 14.3 Å². The van der Waals surface area contributed by atoms with E-state index in [2.05, 4.69) is 6.92 Å². The van der Waals surface area contributed by atoms with E-state index in [1.165, 1.54) is 0 Å². The highest BCUT2D eigenvalue weighted by atomic mass is 16.5. The standard InChI is InChI=1S/C17H18O3/c1-3-4-9-13-10(2)14-15(18)11-7-5-6-8-12(11)16(19)17(14)20-13/h5-8,10,13H,3-4,9H2,1-2H3/t10-,13-/m1/s1. The highest BCUT2D eigenvalue weighted by molar-refractivity contribution is 6.26. The number of ketones is 2. The van der Waals surface area contributed by atoms with Crippen molar-refractivity contribution in [2.45, 2.75) is 39.2 Å². The number of carbonyl (C=O) groups excluding carboxylic acids is 2. The summed E-state index contributed by atoms with van der Waals surface area (Å²) in [6, 6.07) is 7.01. The summed E-state index contributed by atoms with van der Waals surface area (Å²) in [5.41, 5.74) is 1.57. The molecule has 0 radical (unpaired) electrons. The van der Waals surface area contributed by atoms with E-state index >= 15 is 0 Å². The van der Waals surface area contributed by atoms with Crippen LogP contribution in [0.25, 0.3) is 0 Å².